The molecule has 0 N–H and O–H groups in total. The van der Waals surface area contributed by atoms with E-state index in [2.05, 4.69) is 116 Å². The molecule has 0 aromatic heterocycles. The zero-order valence-corrected chi connectivity index (χ0v) is 32.6. The number of rotatable bonds is 20. The van der Waals surface area contributed by atoms with E-state index in [1.54, 1.807) is 0 Å². The van der Waals surface area contributed by atoms with Crippen molar-refractivity contribution in [3.8, 4) is 23.0 Å². The van der Waals surface area contributed by atoms with Crippen LogP contribution in [0.1, 0.15) is 118 Å². The van der Waals surface area contributed by atoms with Crippen molar-refractivity contribution in [3.63, 3.8) is 0 Å². The third-order valence-electron chi connectivity index (χ3n) is 9.28. The van der Waals surface area contributed by atoms with Crippen LogP contribution in [0.4, 0.5) is 0 Å². The molecule has 4 rings (SSSR count). The first-order valence-electron chi connectivity index (χ1n) is 18.9. The second kappa shape index (κ2) is 20.8. The number of fused-ring (bicyclic) bond motifs is 2. The maximum atomic E-state index is 7.10. The molecule has 0 spiro atoms. The molecule has 2 aromatic rings. The Morgan fingerprint density at radius 1 is 0.510 bits per heavy atom. The first-order chi connectivity index (χ1) is 24.5. The SMILES string of the molecule is CC(C)=CCCC(C)=CCCC(C)=CC(Cc1ccc2c(c1)OCO2)OC(C=C(C)CCC=C(C)CCC=C(C)C)Cc1ccc2c(c1)OCO2. The highest BCUT2D eigenvalue weighted by molar-refractivity contribution is 5.45. The van der Waals surface area contributed by atoms with Crippen LogP contribution >= 0.6 is 0 Å². The molecule has 0 saturated heterocycles. The van der Waals surface area contributed by atoms with Gasteiger partial charge in [0.15, 0.2) is 23.0 Å². The Morgan fingerprint density at radius 3 is 1.29 bits per heavy atom. The normalized spacial score (nSPS) is 15.5. The number of hydrogen-bond donors (Lipinski definition) is 0. The van der Waals surface area contributed by atoms with Crippen LogP contribution in [0.3, 0.4) is 0 Å². The predicted octanol–water partition coefficient (Wildman–Crippen LogP) is 12.5. The molecule has 2 unspecified atom stereocenters. The van der Waals surface area contributed by atoms with Crippen LogP contribution in [0.2, 0.25) is 0 Å². The molecule has 276 valence electrons. The van der Waals surface area contributed by atoms with Crippen molar-refractivity contribution in [2.45, 2.75) is 132 Å². The summed E-state index contributed by atoms with van der Waals surface area (Å²) in [6.45, 7) is 18.2. The summed E-state index contributed by atoms with van der Waals surface area (Å²) in [5.41, 5.74) is 10.7. The highest BCUT2D eigenvalue weighted by atomic mass is 16.7. The molecule has 5 heteroatoms. The van der Waals surface area contributed by atoms with Gasteiger partial charge in [0, 0.05) is 12.8 Å². The van der Waals surface area contributed by atoms with E-state index < -0.39 is 0 Å². The van der Waals surface area contributed by atoms with Gasteiger partial charge >= 0.3 is 0 Å². The molecule has 0 amide bonds. The van der Waals surface area contributed by atoms with Crippen molar-refractivity contribution in [2.24, 2.45) is 0 Å². The van der Waals surface area contributed by atoms with Crippen LogP contribution in [0.15, 0.2) is 106 Å². The average Bonchev–Trinajstić information content (AvgIpc) is 3.73. The molecule has 0 radical (unpaired) electrons. The minimum absolute atomic E-state index is 0.117. The lowest BCUT2D eigenvalue weighted by molar-refractivity contribution is 0.0410. The third-order valence-corrected chi connectivity index (χ3v) is 9.28. The van der Waals surface area contributed by atoms with Crippen molar-refractivity contribution in [1.82, 2.24) is 0 Å². The van der Waals surface area contributed by atoms with Gasteiger partial charge in [-0.15, -0.1) is 0 Å². The van der Waals surface area contributed by atoms with E-state index in [0.717, 1.165) is 87.2 Å². The summed E-state index contributed by atoms with van der Waals surface area (Å²) in [4.78, 5) is 0. The summed E-state index contributed by atoms with van der Waals surface area (Å²) in [6.07, 6.45) is 23.9. The second-order valence-electron chi connectivity index (χ2n) is 14.8. The number of ether oxygens (including phenoxy) is 5. The lowest BCUT2D eigenvalue weighted by Crippen LogP contribution is -2.24. The summed E-state index contributed by atoms with van der Waals surface area (Å²) in [5.74, 6) is 3.21. The van der Waals surface area contributed by atoms with E-state index in [1.807, 2.05) is 12.1 Å². The Hall–Kier alpha value is -3.96. The largest absolute Gasteiger partial charge is 0.454 e. The monoisotopic (exact) mass is 694 g/mol. The molecule has 51 heavy (non-hydrogen) atoms. The van der Waals surface area contributed by atoms with Crippen molar-refractivity contribution in [2.75, 3.05) is 13.6 Å². The molecular formula is C46H62O5. The lowest BCUT2D eigenvalue weighted by atomic mass is 10.00. The molecule has 0 fully saturated rings. The lowest BCUT2D eigenvalue weighted by Gasteiger charge is -2.23. The maximum Gasteiger partial charge on any atom is 0.231 e. The summed E-state index contributed by atoms with van der Waals surface area (Å²) in [6, 6.07) is 12.5. The van der Waals surface area contributed by atoms with Gasteiger partial charge in [-0.1, -0.05) is 82.0 Å². The van der Waals surface area contributed by atoms with Crippen molar-refractivity contribution in [1.29, 1.82) is 0 Å². The van der Waals surface area contributed by atoms with E-state index >= 15 is 0 Å². The third kappa shape index (κ3) is 14.7. The van der Waals surface area contributed by atoms with E-state index in [1.165, 1.54) is 44.6 Å². The van der Waals surface area contributed by atoms with Gasteiger partial charge in [0.2, 0.25) is 13.6 Å². The van der Waals surface area contributed by atoms with E-state index in [-0.39, 0.29) is 25.8 Å². The Labute approximate surface area is 308 Å². The standard InChI is InChI=1S/C46H62O5/c1-33(2)13-9-15-35(5)17-11-19-37(7)25-41(27-39-21-23-43-45(29-39)49-31-47-43)51-42(28-40-22-24-44-46(30-40)50-32-48-44)26-38(8)20-12-18-36(6)16-10-14-34(3)4/h13-14,17-18,21-26,29-30,41-42H,9-12,15-16,19-20,27-28,31-32H2,1-8H3. The Morgan fingerprint density at radius 2 is 0.882 bits per heavy atom. The summed E-state index contributed by atoms with van der Waals surface area (Å²) < 4.78 is 29.8. The zero-order valence-electron chi connectivity index (χ0n) is 32.6. The molecular weight excluding hydrogens is 633 g/mol. The minimum atomic E-state index is -0.117. The van der Waals surface area contributed by atoms with Gasteiger partial charge in [0.1, 0.15) is 0 Å². The van der Waals surface area contributed by atoms with Gasteiger partial charge in [0.25, 0.3) is 0 Å². The Balaban J connectivity index is 1.53. The summed E-state index contributed by atoms with van der Waals surface area (Å²) in [7, 11) is 0. The van der Waals surface area contributed by atoms with Gasteiger partial charge in [-0.25, -0.2) is 0 Å². The molecule has 2 atom stereocenters. The van der Waals surface area contributed by atoms with Crippen LogP contribution in [0.5, 0.6) is 23.0 Å². The molecule has 0 aliphatic carbocycles. The summed E-state index contributed by atoms with van der Waals surface area (Å²) >= 11 is 0. The van der Waals surface area contributed by atoms with Crippen LogP contribution in [-0.4, -0.2) is 25.8 Å². The quantitative estimate of drug-likeness (QED) is 0.129. The first-order valence-corrected chi connectivity index (χ1v) is 18.9. The van der Waals surface area contributed by atoms with Gasteiger partial charge in [-0.2, -0.15) is 0 Å². The topological polar surface area (TPSA) is 46.2 Å². The van der Waals surface area contributed by atoms with E-state index in [0.29, 0.717) is 0 Å². The highest BCUT2D eigenvalue weighted by Crippen LogP contribution is 2.35. The van der Waals surface area contributed by atoms with Crippen molar-refractivity contribution >= 4 is 0 Å². The zero-order chi connectivity index (χ0) is 36.6. The van der Waals surface area contributed by atoms with Crippen molar-refractivity contribution < 1.29 is 23.7 Å². The second-order valence-corrected chi connectivity index (χ2v) is 14.8. The molecule has 0 saturated carbocycles. The van der Waals surface area contributed by atoms with Gasteiger partial charge in [-0.05, 0) is 142 Å². The fraction of sp³-hybridized carbons (Fsp3) is 0.478. The molecule has 2 aliphatic rings. The smallest absolute Gasteiger partial charge is 0.231 e. The van der Waals surface area contributed by atoms with Crippen LogP contribution in [0, 0.1) is 0 Å². The van der Waals surface area contributed by atoms with Gasteiger partial charge < -0.3 is 23.7 Å². The van der Waals surface area contributed by atoms with E-state index in [9.17, 15) is 0 Å². The molecule has 2 aromatic carbocycles. The summed E-state index contributed by atoms with van der Waals surface area (Å²) in [5, 5.41) is 0. The number of hydrogen-bond acceptors (Lipinski definition) is 5. The van der Waals surface area contributed by atoms with Gasteiger partial charge in [0.05, 0.1) is 12.2 Å². The fourth-order valence-corrected chi connectivity index (χ4v) is 6.39. The van der Waals surface area contributed by atoms with Crippen LogP contribution in [0.25, 0.3) is 0 Å². The molecule has 2 heterocycles. The van der Waals surface area contributed by atoms with Crippen molar-refractivity contribution in [3.05, 3.63) is 117 Å². The molecule has 5 nitrogen and oxygen atoms in total. The average molecular weight is 695 g/mol. The number of allylic oxidation sites excluding steroid dienone is 10. The minimum Gasteiger partial charge on any atom is -0.454 e. The van der Waals surface area contributed by atoms with Crippen LogP contribution in [-0.2, 0) is 17.6 Å². The van der Waals surface area contributed by atoms with Crippen LogP contribution < -0.4 is 18.9 Å². The number of benzene rings is 2. The van der Waals surface area contributed by atoms with Gasteiger partial charge in [-0.3, -0.25) is 0 Å². The maximum absolute atomic E-state index is 7.10. The molecule has 0 bridgehead atoms. The predicted molar refractivity (Wildman–Crippen MR) is 212 cm³/mol. The highest BCUT2D eigenvalue weighted by Gasteiger charge is 2.20. The fourth-order valence-electron chi connectivity index (χ4n) is 6.39. The molecule has 2 aliphatic heterocycles. The Kier molecular flexibility index (Phi) is 16.2. The Bertz CT molecular complexity index is 1490. The first kappa shape index (κ1) is 39.8. The van der Waals surface area contributed by atoms with E-state index in [4.69, 9.17) is 23.7 Å².